The van der Waals surface area contributed by atoms with Gasteiger partial charge in [-0.05, 0) is 6.42 Å². The van der Waals surface area contributed by atoms with Gasteiger partial charge < -0.3 is 9.84 Å². The minimum atomic E-state index is -0.894. The summed E-state index contributed by atoms with van der Waals surface area (Å²) >= 11 is 0. The standard InChI is InChI=1S/C5H9NO3/c7-5(8)6-2-1-3-9-4-6/h1-4H2,(H,7,8). The Balaban J connectivity index is 2.31. The lowest BCUT2D eigenvalue weighted by atomic mass is 10.4. The van der Waals surface area contributed by atoms with Gasteiger partial charge in [-0.15, -0.1) is 0 Å². The molecule has 1 amide bonds. The lowest BCUT2D eigenvalue weighted by molar-refractivity contribution is -0.00430. The van der Waals surface area contributed by atoms with Gasteiger partial charge in [0.15, 0.2) is 0 Å². The molecule has 52 valence electrons. The van der Waals surface area contributed by atoms with Crippen LogP contribution in [0, 0.1) is 0 Å². The average molecular weight is 131 g/mol. The highest BCUT2D eigenvalue weighted by Gasteiger charge is 2.14. The van der Waals surface area contributed by atoms with E-state index < -0.39 is 6.09 Å². The van der Waals surface area contributed by atoms with Gasteiger partial charge in [0, 0.05) is 6.54 Å². The number of amides is 1. The molecule has 1 saturated heterocycles. The van der Waals surface area contributed by atoms with Gasteiger partial charge in [0.25, 0.3) is 0 Å². The van der Waals surface area contributed by atoms with Crippen molar-refractivity contribution in [2.75, 3.05) is 19.9 Å². The van der Waals surface area contributed by atoms with E-state index in [2.05, 4.69) is 0 Å². The van der Waals surface area contributed by atoms with Crippen molar-refractivity contribution >= 4 is 6.09 Å². The fourth-order valence-electron chi connectivity index (χ4n) is 0.748. The first kappa shape index (κ1) is 6.35. The Morgan fingerprint density at radius 2 is 2.44 bits per heavy atom. The van der Waals surface area contributed by atoms with E-state index in [0.717, 1.165) is 6.42 Å². The second kappa shape index (κ2) is 2.68. The van der Waals surface area contributed by atoms with Crippen LogP contribution in [0.25, 0.3) is 0 Å². The van der Waals surface area contributed by atoms with E-state index in [-0.39, 0.29) is 6.73 Å². The van der Waals surface area contributed by atoms with Gasteiger partial charge in [0.2, 0.25) is 0 Å². The number of carbonyl (C=O) groups is 1. The van der Waals surface area contributed by atoms with Gasteiger partial charge in [0.05, 0.1) is 6.61 Å². The number of rotatable bonds is 0. The smallest absolute Gasteiger partial charge is 0.409 e. The monoisotopic (exact) mass is 131 g/mol. The van der Waals surface area contributed by atoms with Crippen LogP contribution in [0.2, 0.25) is 0 Å². The molecular weight excluding hydrogens is 122 g/mol. The normalized spacial score (nSPS) is 19.8. The van der Waals surface area contributed by atoms with Crippen LogP contribution in [0.4, 0.5) is 4.79 Å². The molecule has 0 bridgehead atoms. The van der Waals surface area contributed by atoms with Gasteiger partial charge in [-0.1, -0.05) is 0 Å². The number of hydrogen-bond acceptors (Lipinski definition) is 2. The van der Waals surface area contributed by atoms with Crippen molar-refractivity contribution in [1.29, 1.82) is 0 Å². The van der Waals surface area contributed by atoms with E-state index in [1.165, 1.54) is 4.90 Å². The molecule has 4 heteroatoms. The zero-order valence-corrected chi connectivity index (χ0v) is 5.04. The molecule has 0 aromatic heterocycles. The summed E-state index contributed by atoms with van der Waals surface area (Å²) in [5.74, 6) is 0. The lowest BCUT2D eigenvalue weighted by Gasteiger charge is -2.23. The number of hydrogen-bond donors (Lipinski definition) is 1. The molecule has 0 unspecified atom stereocenters. The van der Waals surface area contributed by atoms with Crippen molar-refractivity contribution in [1.82, 2.24) is 4.90 Å². The van der Waals surface area contributed by atoms with Gasteiger partial charge in [-0.2, -0.15) is 0 Å². The van der Waals surface area contributed by atoms with Gasteiger partial charge in [0.1, 0.15) is 6.73 Å². The first-order chi connectivity index (χ1) is 4.30. The Morgan fingerprint density at radius 1 is 1.67 bits per heavy atom. The zero-order chi connectivity index (χ0) is 6.69. The lowest BCUT2D eigenvalue weighted by Crippen LogP contribution is -2.36. The molecule has 0 aromatic carbocycles. The van der Waals surface area contributed by atoms with E-state index in [1.54, 1.807) is 0 Å². The molecule has 1 aliphatic rings. The average Bonchev–Trinajstić information content (AvgIpc) is 1.90. The zero-order valence-electron chi connectivity index (χ0n) is 5.04. The molecule has 0 radical (unpaired) electrons. The highest BCUT2D eigenvalue weighted by Crippen LogP contribution is 1.99. The van der Waals surface area contributed by atoms with Crippen LogP contribution in [0.5, 0.6) is 0 Å². The van der Waals surface area contributed by atoms with Crippen molar-refractivity contribution in [2.45, 2.75) is 6.42 Å². The Labute approximate surface area is 53.0 Å². The van der Waals surface area contributed by atoms with Gasteiger partial charge >= 0.3 is 6.09 Å². The second-order valence-corrected chi connectivity index (χ2v) is 1.94. The Hall–Kier alpha value is -0.770. The molecule has 0 aliphatic carbocycles. The molecular formula is C5H9NO3. The van der Waals surface area contributed by atoms with Crippen molar-refractivity contribution in [3.63, 3.8) is 0 Å². The van der Waals surface area contributed by atoms with Crippen LogP contribution in [-0.4, -0.2) is 36.0 Å². The van der Waals surface area contributed by atoms with E-state index in [0.29, 0.717) is 13.2 Å². The van der Waals surface area contributed by atoms with Crippen molar-refractivity contribution in [3.8, 4) is 0 Å². The Kier molecular flexibility index (Phi) is 1.89. The van der Waals surface area contributed by atoms with Crippen LogP contribution in [0.1, 0.15) is 6.42 Å². The third-order valence-electron chi connectivity index (χ3n) is 1.23. The highest BCUT2D eigenvalue weighted by atomic mass is 16.5. The highest BCUT2D eigenvalue weighted by molar-refractivity contribution is 5.64. The largest absolute Gasteiger partial charge is 0.465 e. The molecule has 1 N–H and O–H groups in total. The molecule has 0 atom stereocenters. The second-order valence-electron chi connectivity index (χ2n) is 1.94. The van der Waals surface area contributed by atoms with Crippen molar-refractivity contribution in [3.05, 3.63) is 0 Å². The predicted molar refractivity (Wildman–Crippen MR) is 30.2 cm³/mol. The third-order valence-corrected chi connectivity index (χ3v) is 1.23. The third kappa shape index (κ3) is 1.57. The van der Waals surface area contributed by atoms with Crippen LogP contribution in [0.3, 0.4) is 0 Å². The fourth-order valence-corrected chi connectivity index (χ4v) is 0.748. The van der Waals surface area contributed by atoms with E-state index in [9.17, 15) is 4.79 Å². The molecule has 1 fully saturated rings. The Bertz CT molecular complexity index is 109. The molecule has 4 nitrogen and oxygen atoms in total. The van der Waals surface area contributed by atoms with Crippen LogP contribution in [0.15, 0.2) is 0 Å². The molecule has 9 heavy (non-hydrogen) atoms. The fraction of sp³-hybridized carbons (Fsp3) is 0.800. The topological polar surface area (TPSA) is 49.8 Å². The summed E-state index contributed by atoms with van der Waals surface area (Å²) in [4.78, 5) is 11.5. The van der Waals surface area contributed by atoms with Gasteiger partial charge in [-0.25, -0.2) is 4.79 Å². The molecule has 1 heterocycles. The first-order valence-electron chi connectivity index (χ1n) is 2.86. The summed E-state index contributed by atoms with van der Waals surface area (Å²) in [5, 5.41) is 8.38. The first-order valence-corrected chi connectivity index (χ1v) is 2.86. The summed E-state index contributed by atoms with van der Waals surface area (Å²) in [6.07, 6.45) is -0.0820. The maximum Gasteiger partial charge on any atom is 0.409 e. The SMILES string of the molecule is O=C(O)N1CCCOC1. The van der Waals surface area contributed by atoms with Crippen LogP contribution in [-0.2, 0) is 4.74 Å². The predicted octanol–water partition coefficient (Wildman–Crippen LogP) is 0.344. The van der Waals surface area contributed by atoms with Crippen molar-refractivity contribution < 1.29 is 14.6 Å². The summed E-state index contributed by atoms with van der Waals surface area (Å²) in [5.41, 5.74) is 0. The van der Waals surface area contributed by atoms with E-state index >= 15 is 0 Å². The maximum atomic E-state index is 10.2. The summed E-state index contributed by atoms with van der Waals surface area (Å²) in [7, 11) is 0. The summed E-state index contributed by atoms with van der Waals surface area (Å²) in [6.45, 7) is 1.52. The molecule has 1 rings (SSSR count). The number of ether oxygens (including phenoxy) is 1. The van der Waals surface area contributed by atoms with Crippen molar-refractivity contribution in [2.24, 2.45) is 0 Å². The van der Waals surface area contributed by atoms with Crippen LogP contribution >= 0.6 is 0 Å². The Morgan fingerprint density at radius 3 is 2.78 bits per heavy atom. The number of carboxylic acid groups (broad SMARTS) is 1. The maximum absolute atomic E-state index is 10.2. The van der Waals surface area contributed by atoms with Crippen LogP contribution < -0.4 is 0 Å². The quantitative estimate of drug-likeness (QED) is 0.515. The molecule has 1 aliphatic heterocycles. The molecule has 0 aromatic rings. The molecule has 0 spiro atoms. The van der Waals surface area contributed by atoms with E-state index in [4.69, 9.17) is 9.84 Å². The molecule has 0 saturated carbocycles. The summed E-state index contributed by atoms with van der Waals surface area (Å²) in [6, 6.07) is 0. The minimum absolute atomic E-state index is 0.231. The van der Waals surface area contributed by atoms with Gasteiger partial charge in [-0.3, -0.25) is 4.90 Å². The van der Waals surface area contributed by atoms with E-state index in [1.807, 2.05) is 0 Å². The number of nitrogens with zero attached hydrogens (tertiary/aromatic N) is 1. The minimum Gasteiger partial charge on any atom is -0.465 e. The summed E-state index contributed by atoms with van der Waals surface area (Å²) < 4.78 is 4.89.